The van der Waals surface area contributed by atoms with Gasteiger partial charge in [0.15, 0.2) is 5.75 Å². The molecule has 1 aromatic rings. The van der Waals surface area contributed by atoms with Crippen molar-refractivity contribution in [1.29, 1.82) is 0 Å². The second-order valence-electron chi connectivity index (χ2n) is 5.51. The zero-order valence-corrected chi connectivity index (χ0v) is 12.5. The topological polar surface area (TPSA) is 39.1 Å². The average Bonchev–Trinajstić information content (AvgIpc) is 2.64. The monoisotopic (exact) mass is 265 g/mol. The van der Waals surface area contributed by atoms with Gasteiger partial charge in [-0.3, -0.25) is 4.68 Å². The number of nitrogens with zero attached hydrogens (tertiary/aromatic N) is 2. The van der Waals surface area contributed by atoms with Gasteiger partial charge in [-0.15, -0.1) is 0 Å². The van der Waals surface area contributed by atoms with E-state index in [0.29, 0.717) is 12.0 Å². The van der Waals surface area contributed by atoms with Gasteiger partial charge < -0.3 is 10.1 Å². The molecule has 2 rings (SSSR count). The Morgan fingerprint density at radius 1 is 1.37 bits per heavy atom. The maximum absolute atomic E-state index is 5.49. The maximum atomic E-state index is 5.49. The lowest BCUT2D eigenvalue weighted by Crippen LogP contribution is -2.30. The standard InChI is InChI=1S/C15H27N3O/c1-4-16-14(12-9-7-5-6-8-10-12)15-13(19-3)11-17-18(15)2/h11-12,14,16H,4-10H2,1-3H3. The molecule has 0 radical (unpaired) electrons. The summed E-state index contributed by atoms with van der Waals surface area (Å²) >= 11 is 0. The van der Waals surface area contributed by atoms with Crippen LogP contribution in [0.4, 0.5) is 0 Å². The van der Waals surface area contributed by atoms with Crippen molar-refractivity contribution in [2.75, 3.05) is 13.7 Å². The minimum atomic E-state index is 0.366. The molecule has 1 saturated carbocycles. The first-order valence-electron chi connectivity index (χ1n) is 7.57. The Bertz CT molecular complexity index is 381. The van der Waals surface area contributed by atoms with Crippen LogP contribution in [-0.4, -0.2) is 23.4 Å². The summed E-state index contributed by atoms with van der Waals surface area (Å²) in [6.07, 6.45) is 9.93. The number of aromatic nitrogens is 2. The number of hydrogen-bond acceptors (Lipinski definition) is 3. The second-order valence-corrected chi connectivity index (χ2v) is 5.51. The summed E-state index contributed by atoms with van der Waals surface area (Å²) in [5, 5.41) is 8.02. The van der Waals surface area contributed by atoms with Gasteiger partial charge in [0.05, 0.1) is 25.0 Å². The van der Waals surface area contributed by atoms with Gasteiger partial charge in [0, 0.05) is 7.05 Å². The summed E-state index contributed by atoms with van der Waals surface area (Å²) in [6.45, 7) is 3.15. The van der Waals surface area contributed by atoms with Crippen LogP contribution in [0.5, 0.6) is 5.75 Å². The second kappa shape index (κ2) is 6.94. The quantitative estimate of drug-likeness (QED) is 0.832. The van der Waals surface area contributed by atoms with Crippen molar-refractivity contribution in [3.8, 4) is 5.75 Å². The molecule has 1 aliphatic carbocycles. The first kappa shape index (κ1) is 14.4. The summed E-state index contributed by atoms with van der Waals surface area (Å²) in [5.41, 5.74) is 1.20. The van der Waals surface area contributed by atoms with E-state index in [2.05, 4.69) is 17.3 Å². The average molecular weight is 265 g/mol. The summed E-state index contributed by atoms with van der Waals surface area (Å²) < 4.78 is 7.46. The third-order valence-electron chi connectivity index (χ3n) is 4.26. The van der Waals surface area contributed by atoms with Crippen LogP contribution in [0, 0.1) is 5.92 Å². The first-order chi connectivity index (χ1) is 9.27. The highest BCUT2D eigenvalue weighted by Gasteiger charge is 2.28. The third kappa shape index (κ3) is 3.30. The molecule has 1 N–H and O–H groups in total. The molecule has 4 nitrogen and oxygen atoms in total. The molecule has 1 atom stereocenters. The Morgan fingerprint density at radius 3 is 2.63 bits per heavy atom. The minimum Gasteiger partial charge on any atom is -0.493 e. The van der Waals surface area contributed by atoms with E-state index in [1.807, 2.05) is 17.9 Å². The summed E-state index contributed by atoms with van der Waals surface area (Å²) in [6, 6.07) is 0.366. The highest BCUT2D eigenvalue weighted by molar-refractivity contribution is 5.28. The SMILES string of the molecule is CCNC(c1c(OC)cnn1C)C1CCCCCC1. The zero-order valence-electron chi connectivity index (χ0n) is 12.5. The highest BCUT2D eigenvalue weighted by atomic mass is 16.5. The molecule has 0 bridgehead atoms. The minimum absolute atomic E-state index is 0.366. The van der Waals surface area contributed by atoms with Gasteiger partial charge >= 0.3 is 0 Å². The number of methoxy groups -OCH3 is 1. The molecule has 1 heterocycles. The van der Waals surface area contributed by atoms with E-state index in [-0.39, 0.29) is 0 Å². The molecule has 108 valence electrons. The van der Waals surface area contributed by atoms with E-state index in [9.17, 15) is 0 Å². The van der Waals surface area contributed by atoms with Gasteiger partial charge in [-0.05, 0) is 25.3 Å². The summed E-state index contributed by atoms with van der Waals surface area (Å²) in [7, 11) is 3.75. The summed E-state index contributed by atoms with van der Waals surface area (Å²) in [5.74, 6) is 1.62. The molecule has 19 heavy (non-hydrogen) atoms. The van der Waals surface area contributed by atoms with Crippen molar-refractivity contribution in [3.05, 3.63) is 11.9 Å². The molecule has 1 fully saturated rings. The van der Waals surface area contributed by atoms with E-state index in [0.717, 1.165) is 12.3 Å². The highest BCUT2D eigenvalue weighted by Crippen LogP contribution is 2.36. The van der Waals surface area contributed by atoms with Gasteiger partial charge in [0.1, 0.15) is 0 Å². The van der Waals surface area contributed by atoms with Crippen LogP contribution in [0.15, 0.2) is 6.20 Å². The first-order valence-corrected chi connectivity index (χ1v) is 7.57. The molecule has 4 heteroatoms. The molecular weight excluding hydrogens is 238 g/mol. The lowest BCUT2D eigenvalue weighted by atomic mass is 9.89. The molecule has 1 aromatic heterocycles. The van der Waals surface area contributed by atoms with Crippen molar-refractivity contribution in [2.24, 2.45) is 13.0 Å². The molecule has 1 unspecified atom stereocenters. The Balaban J connectivity index is 2.24. The van der Waals surface area contributed by atoms with Crippen molar-refractivity contribution in [1.82, 2.24) is 15.1 Å². The smallest absolute Gasteiger partial charge is 0.161 e. The van der Waals surface area contributed by atoms with Crippen LogP contribution in [0.3, 0.4) is 0 Å². The predicted octanol–water partition coefficient (Wildman–Crippen LogP) is 3.05. The summed E-state index contributed by atoms with van der Waals surface area (Å²) in [4.78, 5) is 0. The number of aryl methyl sites for hydroxylation is 1. The normalized spacial score (nSPS) is 19.1. The molecule has 0 aliphatic heterocycles. The Labute approximate surface area is 116 Å². The van der Waals surface area contributed by atoms with Gasteiger partial charge in [0.25, 0.3) is 0 Å². The Morgan fingerprint density at radius 2 is 2.05 bits per heavy atom. The van der Waals surface area contributed by atoms with Crippen molar-refractivity contribution >= 4 is 0 Å². The fraction of sp³-hybridized carbons (Fsp3) is 0.800. The molecule has 0 amide bonds. The van der Waals surface area contributed by atoms with Gasteiger partial charge in [-0.25, -0.2) is 0 Å². The van der Waals surface area contributed by atoms with E-state index in [4.69, 9.17) is 4.74 Å². The maximum Gasteiger partial charge on any atom is 0.161 e. The van der Waals surface area contributed by atoms with Crippen LogP contribution >= 0.6 is 0 Å². The molecule has 0 spiro atoms. The largest absolute Gasteiger partial charge is 0.493 e. The van der Waals surface area contributed by atoms with Crippen LogP contribution in [-0.2, 0) is 7.05 Å². The molecule has 1 aliphatic rings. The van der Waals surface area contributed by atoms with Crippen LogP contribution in [0.2, 0.25) is 0 Å². The molecule has 0 aromatic carbocycles. The Kier molecular flexibility index (Phi) is 5.25. The lowest BCUT2D eigenvalue weighted by molar-refractivity contribution is 0.304. The number of ether oxygens (including phenoxy) is 1. The fourth-order valence-electron chi connectivity index (χ4n) is 3.29. The van der Waals surface area contributed by atoms with E-state index < -0.39 is 0 Å². The van der Waals surface area contributed by atoms with E-state index in [1.165, 1.54) is 44.2 Å². The van der Waals surface area contributed by atoms with E-state index in [1.54, 1.807) is 7.11 Å². The number of hydrogen-bond donors (Lipinski definition) is 1. The number of rotatable bonds is 5. The third-order valence-corrected chi connectivity index (χ3v) is 4.26. The van der Waals surface area contributed by atoms with Gasteiger partial charge in [-0.1, -0.05) is 32.6 Å². The number of nitrogens with one attached hydrogen (secondary N) is 1. The molecular formula is C15H27N3O. The zero-order chi connectivity index (χ0) is 13.7. The van der Waals surface area contributed by atoms with Gasteiger partial charge in [0.2, 0.25) is 0 Å². The molecule has 0 saturated heterocycles. The van der Waals surface area contributed by atoms with Gasteiger partial charge in [-0.2, -0.15) is 5.10 Å². The Hall–Kier alpha value is -1.03. The van der Waals surface area contributed by atoms with Crippen molar-refractivity contribution in [2.45, 2.75) is 51.5 Å². The van der Waals surface area contributed by atoms with Crippen molar-refractivity contribution < 1.29 is 4.74 Å². The fourth-order valence-corrected chi connectivity index (χ4v) is 3.29. The lowest BCUT2D eigenvalue weighted by Gasteiger charge is -2.27. The van der Waals surface area contributed by atoms with Crippen molar-refractivity contribution in [3.63, 3.8) is 0 Å². The van der Waals surface area contributed by atoms with Crippen LogP contribution in [0.25, 0.3) is 0 Å². The van der Waals surface area contributed by atoms with E-state index >= 15 is 0 Å². The van der Waals surface area contributed by atoms with Crippen LogP contribution in [0.1, 0.15) is 57.2 Å². The predicted molar refractivity (Wildman–Crippen MR) is 77.4 cm³/mol. The van der Waals surface area contributed by atoms with Crippen LogP contribution < -0.4 is 10.1 Å².